The van der Waals surface area contributed by atoms with Crippen molar-refractivity contribution >= 4 is 28.7 Å². The molecular weight excluding hydrogens is 467 g/mol. The molecule has 178 valence electrons. The molecule has 5 nitrogen and oxygen atoms in total. The number of halogens is 3. The quantitative estimate of drug-likeness (QED) is 0.272. The van der Waals surface area contributed by atoms with E-state index in [-0.39, 0.29) is 12.3 Å². The maximum atomic E-state index is 12.9. The summed E-state index contributed by atoms with van der Waals surface area (Å²) < 4.78 is 49.8. The van der Waals surface area contributed by atoms with Gasteiger partial charge >= 0.3 is 12.1 Å². The van der Waals surface area contributed by atoms with Crippen LogP contribution in [0.4, 0.5) is 13.2 Å². The lowest BCUT2D eigenvalue weighted by atomic mass is 10.0. The Morgan fingerprint density at radius 2 is 1.85 bits per heavy atom. The lowest BCUT2D eigenvalue weighted by molar-refractivity contribution is -0.138. The van der Waals surface area contributed by atoms with Gasteiger partial charge in [-0.05, 0) is 62.7 Å². The molecule has 0 fully saturated rings. The monoisotopic (exact) mass is 489 g/mol. The van der Waals surface area contributed by atoms with Gasteiger partial charge in [0.1, 0.15) is 11.3 Å². The minimum absolute atomic E-state index is 0.115. The number of oxazole rings is 1. The van der Waals surface area contributed by atoms with E-state index in [1.54, 1.807) is 11.8 Å². The van der Waals surface area contributed by atoms with Gasteiger partial charge in [0, 0.05) is 21.4 Å². The lowest BCUT2D eigenvalue weighted by Gasteiger charge is -2.25. The average molecular weight is 490 g/mol. The number of aryl methyl sites for hydroxylation is 1. The molecule has 0 saturated carbocycles. The van der Waals surface area contributed by atoms with E-state index in [1.165, 1.54) is 18.4 Å². The molecule has 0 saturated heterocycles. The van der Waals surface area contributed by atoms with E-state index in [9.17, 15) is 18.0 Å². The number of thioether (sulfide) groups is 1. The highest BCUT2D eigenvalue weighted by molar-refractivity contribution is 8.00. The van der Waals surface area contributed by atoms with Crippen LogP contribution in [0.25, 0.3) is 22.4 Å². The van der Waals surface area contributed by atoms with E-state index >= 15 is 0 Å². The Morgan fingerprint density at radius 1 is 1.15 bits per heavy atom. The van der Waals surface area contributed by atoms with Gasteiger partial charge in [0.05, 0.1) is 28.7 Å². The minimum atomic E-state index is -4.41. The molecule has 0 spiro atoms. The molecule has 9 heteroatoms. The molecular formula is C25H22F3NO4S. The summed E-state index contributed by atoms with van der Waals surface area (Å²) in [6.07, 6.45) is -2.36. The van der Waals surface area contributed by atoms with Crippen molar-refractivity contribution < 1.29 is 31.9 Å². The number of benzene rings is 2. The maximum Gasteiger partial charge on any atom is 0.416 e. The third kappa shape index (κ3) is 4.70. The van der Waals surface area contributed by atoms with Crippen LogP contribution in [0.3, 0.4) is 0 Å². The van der Waals surface area contributed by atoms with E-state index < -0.39 is 22.5 Å². The topological polar surface area (TPSA) is 76.5 Å². The SMILES string of the molecule is CCC(C)(Sc1ccc2c(CC(=O)O)coc2c1)c1oc(-c2ccc(C(F)(F)F)cc2)nc1C. The van der Waals surface area contributed by atoms with Gasteiger partial charge in [0.15, 0.2) is 0 Å². The standard InChI is InChI=1S/C25H22F3NO4S/c1-4-24(3,34-18-9-10-19-16(11-21(30)31)13-32-20(19)12-18)22-14(2)29-23(33-22)15-5-7-17(8-6-15)25(26,27)28/h5-10,12-13H,4,11H2,1-3H3,(H,30,31). The number of hydrogen-bond acceptors (Lipinski definition) is 5. The van der Waals surface area contributed by atoms with Crippen LogP contribution >= 0.6 is 11.8 Å². The molecule has 34 heavy (non-hydrogen) atoms. The molecule has 0 aliphatic rings. The van der Waals surface area contributed by atoms with Crippen LogP contribution in [0, 0.1) is 6.92 Å². The molecule has 1 N–H and O–H groups in total. The smallest absolute Gasteiger partial charge is 0.416 e. The molecule has 4 aromatic rings. The number of aromatic nitrogens is 1. The highest BCUT2D eigenvalue weighted by Crippen LogP contribution is 2.47. The zero-order valence-electron chi connectivity index (χ0n) is 18.7. The van der Waals surface area contributed by atoms with Gasteiger partial charge in [-0.25, -0.2) is 4.98 Å². The summed E-state index contributed by atoms with van der Waals surface area (Å²) in [5, 5.41) is 9.81. The number of hydrogen-bond donors (Lipinski definition) is 1. The molecule has 1 atom stereocenters. The summed E-state index contributed by atoms with van der Waals surface area (Å²) >= 11 is 1.55. The van der Waals surface area contributed by atoms with Crippen molar-refractivity contribution in [2.45, 2.75) is 49.4 Å². The number of carboxylic acid groups (broad SMARTS) is 1. The number of nitrogens with zero attached hydrogens (tertiary/aromatic N) is 1. The Labute approximate surface area is 198 Å². The number of fused-ring (bicyclic) bond motifs is 1. The molecule has 0 aliphatic carbocycles. The summed E-state index contributed by atoms with van der Waals surface area (Å²) in [6, 6.07) is 10.4. The molecule has 2 heterocycles. The summed E-state index contributed by atoms with van der Waals surface area (Å²) in [4.78, 5) is 16.4. The second kappa shape index (κ2) is 8.87. The van der Waals surface area contributed by atoms with Crippen molar-refractivity contribution in [1.29, 1.82) is 0 Å². The summed E-state index contributed by atoms with van der Waals surface area (Å²) in [5.74, 6) is -0.0216. The second-order valence-electron chi connectivity index (χ2n) is 8.18. The summed E-state index contributed by atoms with van der Waals surface area (Å²) in [6.45, 7) is 5.85. The fraction of sp³-hybridized carbons (Fsp3) is 0.280. The fourth-order valence-corrected chi connectivity index (χ4v) is 5.03. The summed E-state index contributed by atoms with van der Waals surface area (Å²) in [5.41, 5.74) is 1.61. The van der Waals surface area contributed by atoms with Crippen LogP contribution in [-0.2, 0) is 22.1 Å². The lowest BCUT2D eigenvalue weighted by Crippen LogP contribution is -2.16. The van der Waals surface area contributed by atoms with Crippen molar-refractivity contribution in [3.63, 3.8) is 0 Å². The maximum absolute atomic E-state index is 12.9. The number of aliphatic carboxylic acids is 1. The third-order valence-electron chi connectivity index (χ3n) is 5.72. The van der Waals surface area contributed by atoms with Gasteiger partial charge in [-0.2, -0.15) is 13.2 Å². The number of furan rings is 1. The van der Waals surface area contributed by atoms with Crippen molar-refractivity contribution in [1.82, 2.24) is 4.98 Å². The number of carboxylic acids is 1. The van der Waals surface area contributed by atoms with Crippen molar-refractivity contribution in [2.75, 3.05) is 0 Å². The van der Waals surface area contributed by atoms with Gasteiger partial charge in [-0.3, -0.25) is 4.79 Å². The molecule has 4 rings (SSSR count). The van der Waals surface area contributed by atoms with E-state index in [4.69, 9.17) is 13.9 Å². The normalized spacial score (nSPS) is 13.8. The molecule has 0 amide bonds. The Morgan fingerprint density at radius 3 is 2.47 bits per heavy atom. The minimum Gasteiger partial charge on any atom is -0.481 e. The van der Waals surface area contributed by atoms with Gasteiger partial charge in [0.25, 0.3) is 0 Å². The van der Waals surface area contributed by atoms with Crippen molar-refractivity contribution in [3.05, 3.63) is 71.3 Å². The highest BCUT2D eigenvalue weighted by Gasteiger charge is 2.34. The predicted molar refractivity (Wildman–Crippen MR) is 123 cm³/mol. The fourth-order valence-electron chi connectivity index (χ4n) is 3.78. The van der Waals surface area contributed by atoms with Crippen molar-refractivity contribution in [2.24, 2.45) is 0 Å². The predicted octanol–water partition coefficient (Wildman–Crippen LogP) is 7.46. The highest BCUT2D eigenvalue weighted by atomic mass is 32.2. The Kier molecular flexibility index (Phi) is 6.24. The summed E-state index contributed by atoms with van der Waals surface area (Å²) in [7, 11) is 0. The molecule has 1 unspecified atom stereocenters. The van der Waals surface area contributed by atoms with Crippen LogP contribution in [-0.4, -0.2) is 16.1 Å². The molecule has 0 aliphatic heterocycles. The molecule has 0 bridgehead atoms. The zero-order valence-corrected chi connectivity index (χ0v) is 19.5. The van der Waals surface area contributed by atoms with Crippen LogP contribution in [0.15, 0.2) is 62.5 Å². The first-order valence-electron chi connectivity index (χ1n) is 10.6. The Balaban J connectivity index is 1.62. The van der Waals surface area contributed by atoms with Gasteiger partial charge < -0.3 is 13.9 Å². The van der Waals surface area contributed by atoms with E-state index in [2.05, 4.69) is 4.98 Å². The van der Waals surface area contributed by atoms with Crippen molar-refractivity contribution in [3.8, 4) is 11.5 Å². The first-order valence-corrected chi connectivity index (χ1v) is 11.4. The average Bonchev–Trinajstić information content (AvgIpc) is 3.36. The molecule has 2 aromatic carbocycles. The van der Waals surface area contributed by atoms with Gasteiger partial charge in [-0.1, -0.05) is 6.92 Å². The van der Waals surface area contributed by atoms with Crippen LogP contribution < -0.4 is 0 Å². The largest absolute Gasteiger partial charge is 0.481 e. The van der Waals surface area contributed by atoms with Gasteiger partial charge in [-0.15, -0.1) is 11.8 Å². The van der Waals surface area contributed by atoms with Crippen LogP contribution in [0.5, 0.6) is 0 Å². The van der Waals surface area contributed by atoms with E-state index in [0.717, 1.165) is 22.4 Å². The number of alkyl halides is 3. The Hall–Kier alpha value is -3.20. The second-order valence-corrected chi connectivity index (χ2v) is 9.76. The zero-order chi connectivity index (χ0) is 24.7. The number of carbonyl (C=O) groups is 1. The first-order chi connectivity index (χ1) is 16.0. The van der Waals surface area contributed by atoms with Gasteiger partial charge in [0.2, 0.25) is 5.89 Å². The number of rotatable bonds is 7. The Bertz CT molecular complexity index is 1340. The first kappa shape index (κ1) is 23.9. The van der Waals surface area contributed by atoms with Crippen LogP contribution in [0.2, 0.25) is 0 Å². The molecule has 2 aromatic heterocycles. The molecule has 0 radical (unpaired) electrons. The van der Waals surface area contributed by atoms with E-state index in [1.807, 2.05) is 39.0 Å². The third-order valence-corrected chi connectivity index (χ3v) is 7.14. The van der Waals surface area contributed by atoms with E-state index in [0.29, 0.717) is 34.6 Å². The van der Waals surface area contributed by atoms with Crippen LogP contribution in [0.1, 0.15) is 42.8 Å².